The number of hydrogen-bond donors (Lipinski definition) is 1. The van der Waals surface area contributed by atoms with Gasteiger partial charge >= 0.3 is 0 Å². The minimum Gasteiger partial charge on any atom is -0.508 e. The van der Waals surface area contributed by atoms with Crippen molar-refractivity contribution in [2.45, 2.75) is 51.0 Å². The molecule has 1 N–H and O–H groups in total. The van der Waals surface area contributed by atoms with Crippen LogP contribution in [-0.4, -0.2) is 33.8 Å². The van der Waals surface area contributed by atoms with Crippen molar-refractivity contribution >= 4 is 21.8 Å². The third-order valence-electron chi connectivity index (χ3n) is 11.0. The number of nitriles is 2. The van der Waals surface area contributed by atoms with E-state index < -0.39 is 0 Å². The lowest BCUT2D eigenvalue weighted by molar-refractivity contribution is 0.183. The average Bonchev–Trinajstić information content (AvgIpc) is 3.90. The van der Waals surface area contributed by atoms with Gasteiger partial charge in [-0.15, -0.1) is 0 Å². The third kappa shape index (κ3) is 8.31. The van der Waals surface area contributed by atoms with E-state index in [-0.39, 0.29) is 23.0 Å². The number of aromatic hydroxyl groups is 1. The van der Waals surface area contributed by atoms with E-state index in [2.05, 4.69) is 28.4 Å². The molecule has 0 saturated heterocycles. The number of fused-ring (bicyclic) bond motifs is 4. The molecule has 12 heteroatoms. The molecule has 0 spiro atoms. The monoisotopic (exact) mass is 794 g/mol. The van der Waals surface area contributed by atoms with Crippen LogP contribution >= 0.6 is 0 Å². The average molecular weight is 795 g/mol. The van der Waals surface area contributed by atoms with Gasteiger partial charge in [-0.05, 0) is 128 Å². The molecule has 0 radical (unpaired) electrons. The Bertz CT molecular complexity index is 3090. The van der Waals surface area contributed by atoms with Gasteiger partial charge in [0.1, 0.15) is 17.6 Å². The number of rotatable bonds is 4. The fraction of sp³-hybridized carbons (Fsp3) is 0.208. The number of benzene rings is 4. The summed E-state index contributed by atoms with van der Waals surface area (Å²) in [6.45, 7) is 0. The third-order valence-corrected chi connectivity index (χ3v) is 11.0. The molecule has 0 aliphatic heterocycles. The van der Waals surface area contributed by atoms with Gasteiger partial charge in [0.05, 0.1) is 58.1 Å². The lowest BCUT2D eigenvalue weighted by Crippen LogP contribution is -2.16. The largest absolute Gasteiger partial charge is 0.508 e. The van der Waals surface area contributed by atoms with Crippen molar-refractivity contribution in [2.24, 2.45) is 14.1 Å². The lowest BCUT2D eigenvalue weighted by Gasteiger charge is -2.26. The molecule has 4 aromatic carbocycles. The molecule has 60 heavy (non-hydrogen) atoms. The molecule has 0 bridgehead atoms. The van der Waals surface area contributed by atoms with Crippen LogP contribution in [0.4, 0.5) is 0 Å². The van der Waals surface area contributed by atoms with Crippen LogP contribution < -0.4 is 15.9 Å². The van der Waals surface area contributed by atoms with Crippen molar-refractivity contribution in [3.63, 3.8) is 0 Å². The number of aryl methyl sites for hydroxylation is 5. The van der Waals surface area contributed by atoms with E-state index >= 15 is 0 Å². The standard InChI is InChI=1S/C24H20N4O2.C13H11N3O2.C11H11N/c1-27-15-19(7-10-24(27)29)28-22-12-20(8-6-18(22)14-26-28)30-23-4-2-3-17-11-16(13-25)5-9-21(17)23;1-15-8-10(3-5-13(15)18)16-12-6-11(17)4-2-9(12)7-14-16;12-8-9-5-6-10-3-1-2-4-11(10)7-9/h5-12,14-15,23H,2-4H2,1H3;2-8,17H,1H3;5-7H,1-4H2/t23-;;/m0../s1. The van der Waals surface area contributed by atoms with Gasteiger partial charge in [0, 0.05) is 61.5 Å². The molecule has 0 amide bonds. The highest BCUT2D eigenvalue weighted by Gasteiger charge is 2.22. The predicted octanol–water partition coefficient (Wildman–Crippen LogP) is 7.92. The summed E-state index contributed by atoms with van der Waals surface area (Å²) in [4.78, 5) is 23.1. The molecule has 8 aromatic rings. The molecule has 4 aromatic heterocycles. The van der Waals surface area contributed by atoms with E-state index in [0.29, 0.717) is 5.56 Å². The molecule has 2 aliphatic rings. The van der Waals surface area contributed by atoms with Crippen molar-refractivity contribution in [1.29, 1.82) is 10.5 Å². The Morgan fingerprint density at radius 1 is 0.633 bits per heavy atom. The fourth-order valence-electron chi connectivity index (χ4n) is 7.83. The van der Waals surface area contributed by atoms with Crippen LogP contribution in [0.1, 0.15) is 65.2 Å². The molecule has 4 heterocycles. The Morgan fingerprint density at radius 2 is 1.20 bits per heavy atom. The van der Waals surface area contributed by atoms with Crippen molar-refractivity contribution in [2.75, 3.05) is 0 Å². The van der Waals surface area contributed by atoms with E-state index in [0.717, 1.165) is 75.7 Å². The molecule has 0 saturated carbocycles. The van der Waals surface area contributed by atoms with Crippen LogP contribution in [0.15, 0.2) is 131 Å². The lowest BCUT2D eigenvalue weighted by atomic mass is 9.88. The van der Waals surface area contributed by atoms with Gasteiger partial charge in [-0.25, -0.2) is 9.36 Å². The number of pyridine rings is 2. The first-order valence-corrected chi connectivity index (χ1v) is 19.9. The van der Waals surface area contributed by atoms with Gasteiger partial charge in [0.25, 0.3) is 0 Å². The van der Waals surface area contributed by atoms with Crippen molar-refractivity contribution in [1.82, 2.24) is 28.7 Å². The molecule has 0 fully saturated rings. The first kappa shape index (κ1) is 39.1. The molecule has 2 aliphatic carbocycles. The van der Waals surface area contributed by atoms with E-state index in [4.69, 9.17) is 15.3 Å². The summed E-state index contributed by atoms with van der Waals surface area (Å²) in [7, 11) is 3.42. The minimum atomic E-state index is -0.0712. The Kier molecular flexibility index (Phi) is 11.1. The van der Waals surface area contributed by atoms with E-state index in [1.54, 1.807) is 67.7 Å². The Labute approximate surface area is 346 Å². The van der Waals surface area contributed by atoms with E-state index in [1.807, 2.05) is 59.4 Å². The maximum Gasteiger partial charge on any atom is 0.250 e. The second-order valence-electron chi connectivity index (χ2n) is 15.1. The summed E-state index contributed by atoms with van der Waals surface area (Å²) in [5.74, 6) is 0.963. The van der Waals surface area contributed by atoms with Gasteiger partial charge in [0.2, 0.25) is 11.1 Å². The number of nitrogens with zero attached hydrogens (tertiary/aromatic N) is 8. The van der Waals surface area contributed by atoms with Gasteiger partial charge in [-0.2, -0.15) is 20.7 Å². The Morgan fingerprint density at radius 3 is 1.83 bits per heavy atom. The van der Waals surface area contributed by atoms with Gasteiger partial charge in [-0.1, -0.05) is 12.1 Å². The number of hydrogen-bond acceptors (Lipinski definition) is 8. The summed E-state index contributed by atoms with van der Waals surface area (Å²) in [5, 5.41) is 38.1. The summed E-state index contributed by atoms with van der Waals surface area (Å²) >= 11 is 0. The number of ether oxygens (including phenoxy) is 1. The van der Waals surface area contributed by atoms with Crippen LogP contribution in [0.2, 0.25) is 0 Å². The number of phenolic OH excluding ortho intramolecular Hbond substituents is 1. The second kappa shape index (κ2) is 17.0. The maximum absolute atomic E-state index is 11.7. The Balaban J connectivity index is 0.000000140. The zero-order valence-electron chi connectivity index (χ0n) is 33.3. The molecule has 298 valence electrons. The quantitative estimate of drug-likeness (QED) is 0.188. The van der Waals surface area contributed by atoms with Crippen molar-refractivity contribution in [3.05, 3.63) is 176 Å². The van der Waals surface area contributed by atoms with Crippen LogP contribution in [-0.2, 0) is 33.4 Å². The zero-order chi connectivity index (χ0) is 41.8. The highest BCUT2D eigenvalue weighted by atomic mass is 16.5. The number of phenols is 1. The molecular weight excluding hydrogens is 753 g/mol. The van der Waals surface area contributed by atoms with Gasteiger partial charge < -0.3 is 19.0 Å². The number of aromatic nitrogens is 6. The Hall–Kier alpha value is -7.70. The van der Waals surface area contributed by atoms with Crippen LogP contribution in [0.3, 0.4) is 0 Å². The summed E-state index contributed by atoms with van der Waals surface area (Å²) < 4.78 is 12.9. The summed E-state index contributed by atoms with van der Waals surface area (Å²) in [5.41, 5.74) is 9.86. The SMILES string of the molecule is Cn1cc(-n2ncc3ccc(O)cc32)ccc1=O.Cn1cc(-n2ncc3ccc(O[C@H]4CCCc5cc(C#N)ccc54)cc32)ccc1=O.N#Cc1ccc2c(c1)CCCC2. The summed E-state index contributed by atoms with van der Waals surface area (Å²) in [6.07, 6.45) is 14.9. The topological polar surface area (TPSA) is 157 Å². The second-order valence-corrected chi connectivity index (χ2v) is 15.1. The zero-order valence-corrected chi connectivity index (χ0v) is 33.3. The highest BCUT2D eigenvalue weighted by molar-refractivity contribution is 5.82. The smallest absolute Gasteiger partial charge is 0.250 e. The maximum atomic E-state index is 11.7. The van der Waals surface area contributed by atoms with Crippen molar-refractivity contribution < 1.29 is 9.84 Å². The van der Waals surface area contributed by atoms with Crippen LogP contribution in [0, 0.1) is 22.7 Å². The first-order chi connectivity index (χ1) is 29.2. The van der Waals surface area contributed by atoms with Crippen molar-refractivity contribution in [3.8, 4) is 35.0 Å². The first-order valence-electron chi connectivity index (χ1n) is 19.9. The molecule has 0 unspecified atom stereocenters. The summed E-state index contributed by atoms with van der Waals surface area (Å²) in [6, 6.07) is 33.8. The predicted molar refractivity (Wildman–Crippen MR) is 230 cm³/mol. The minimum absolute atomic E-state index is 0.0344. The molecule has 10 rings (SSSR count). The van der Waals surface area contributed by atoms with E-state index in [1.165, 1.54) is 57.2 Å². The molecular formula is C48H42N8O4. The van der Waals surface area contributed by atoms with Crippen LogP contribution in [0.25, 0.3) is 33.2 Å². The fourth-order valence-corrected chi connectivity index (χ4v) is 7.83. The van der Waals surface area contributed by atoms with Gasteiger partial charge in [-0.3, -0.25) is 9.59 Å². The van der Waals surface area contributed by atoms with Crippen LogP contribution in [0.5, 0.6) is 11.5 Å². The van der Waals surface area contributed by atoms with E-state index in [9.17, 15) is 14.7 Å². The molecule has 1 atom stereocenters. The highest BCUT2D eigenvalue weighted by Crippen LogP contribution is 2.35. The molecule has 12 nitrogen and oxygen atoms in total. The van der Waals surface area contributed by atoms with Gasteiger partial charge in [0.15, 0.2) is 0 Å². The normalized spacial score (nSPS) is 14.0.